The third-order valence-corrected chi connectivity index (χ3v) is 3.66. The van der Waals surface area contributed by atoms with Crippen LogP contribution in [0.15, 0.2) is 10.9 Å². The van der Waals surface area contributed by atoms with Gasteiger partial charge in [-0.3, -0.25) is 11.3 Å². The summed E-state index contributed by atoms with van der Waals surface area (Å²) in [6.45, 7) is 0.940. The number of thiazole rings is 1. The molecule has 2 atom stereocenters. The van der Waals surface area contributed by atoms with Crippen molar-refractivity contribution in [2.45, 2.75) is 44.2 Å². The molecule has 0 spiro atoms. The molecule has 0 aromatic carbocycles. The molecule has 1 saturated heterocycles. The first-order valence-corrected chi connectivity index (χ1v) is 6.80. The first-order valence-electron chi connectivity index (χ1n) is 5.86. The fraction of sp³-hybridized carbons (Fsp3) is 0.727. The molecular formula is C11H19N3OS. The second kappa shape index (κ2) is 6.30. The molecule has 16 heavy (non-hydrogen) atoms. The summed E-state index contributed by atoms with van der Waals surface area (Å²) in [6, 6.07) is 0.188. The van der Waals surface area contributed by atoms with Gasteiger partial charge in [0.1, 0.15) is 0 Å². The minimum atomic E-state index is 0.188. The van der Waals surface area contributed by atoms with Crippen LogP contribution in [0, 0.1) is 0 Å². The number of hydrazine groups is 1. The van der Waals surface area contributed by atoms with Crippen LogP contribution in [0.1, 0.15) is 43.8 Å². The van der Waals surface area contributed by atoms with Crippen molar-refractivity contribution in [2.24, 2.45) is 5.84 Å². The molecule has 0 amide bonds. The van der Waals surface area contributed by atoms with Crippen molar-refractivity contribution in [1.82, 2.24) is 10.4 Å². The second-order valence-electron chi connectivity index (χ2n) is 4.20. The maximum Gasteiger partial charge on any atom is 0.0795 e. The van der Waals surface area contributed by atoms with Gasteiger partial charge in [-0.2, -0.15) is 0 Å². The summed E-state index contributed by atoms with van der Waals surface area (Å²) in [4.78, 5) is 4.28. The van der Waals surface area contributed by atoms with Gasteiger partial charge >= 0.3 is 0 Å². The number of nitrogens with one attached hydrogen (secondary N) is 1. The largest absolute Gasteiger partial charge is 0.378 e. The summed E-state index contributed by atoms with van der Waals surface area (Å²) in [5.74, 6) is 5.54. The average molecular weight is 241 g/mol. The van der Waals surface area contributed by atoms with Crippen molar-refractivity contribution in [3.05, 3.63) is 16.6 Å². The van der Waals surface area contributed by atoms with E-state index in [-0.39, 0.29) is 6.04 Å². The van der Waals surface area contributed by atoms with Crippen molar-refractivity contribution in [3.63, 3.8) is 0 Å². The highest BCUT2D eigenvalue weighted by molar-refractivity contribution is 7.07. The molecular weight excluding hydrogens is 222 g/mol. The summed E-state index contributed by atoms with van der Waals surface area (Å²) in [6.07, 6.45) is 6.22. The predicted octanol–water partition coefficient (Wildman–Crippen LogP) is 2.00. The van der Waals surface area contributed by atoms with Gasteiger partial charge in [0, 0.05) is 12.0 Å². The van der Waals surface area contributed by atoms with Gasteiger partial charge < -0.3 is 4.74 Å². The highest BCUT2D eigenvalue weighted by Crippen LogP contribution is 2.22. The van der Waals surface area contributed by atoms with Gasteiger partial charge in [0.05, 0.1) is 23.4 Å². The molecule has 4 nitrogen and oxygen atoms in total. The van der Waals surface area contributed by atoms with Gasteiger partial charge in [-0.25, -0.2) is 4.98 Å². The molecule has 1 aromatic rings. The van der Waals surface area contributed by atoms with Gasteiger partial charge in [0.25, 0.3) is 0 Å². The Morgan fingerprint density at radius 1 is 1.69 bits per heavy atom. The zero-order chi connectivity index (χ0) is 11.2. The minimum Gasteiger partial charge on any atom is -0.378 e. The van der Waals surface area contributed by atoms with Crippen LogP contribution in [-0.4, -0.2) is 17.7 Å². The highest BCUT2D eigenvalue weighted by atomic mass is 32.1. The number of hydrogen-bond acceptors (Lipinski definition) is 5. The average Bonchev–Trinajstić information content (AvgIpc) is 2.96. The first-order chi connectivity index (χ1) is 7.90. The fourth-order valence-corrected chi connectivity index (χ4v) is 2.74. The van der Waals surface area contributed by atoms with Gasteiger partial charge in [-0.05, 0) is 32.1 Å². The molecule has 2 rings (SSSR count). The molecule has 1 aromatic heterocycles. The van der Waals surface area contributed by atoms with Crippen molar-refractivity contribution in [1.29, 1.82) is 0 Å². The third kappa shape index (κ3) is 3.25. The first kappa shape index (κ1) is 12.0. The molecule has 2 unspecified atom stereocenters. The molecule has 0 bridgehead atoms. The summed E-state index contributed by atoms with van der Waals surface area (Å²) in [5.41, 5.74) is 5.74. The van der Waals surface area contributed by atoms with Crippen LogP contribution in [-0.2, 0) is 4.74 Å². The lowest BCUT2D eigenvalue weighted by Gasteiger charge is -2.14. The topological polar surface area (TPSA) is 60.2 Å². The zero-order valence-corrected chi connectivity index (χ0v) is 10.2. The number of ether oxygens (including phenoxy) is 1. The second-order valence-corrected chi connectivity index (χ2v) is 4.92. The van der Waals surface area contributed by atoms with Crippen LogP contribution in [0.2, 0.25) is 0 Å². The fourth-order valence-electron chi connectivity index (χ4n) is 2.13. The summed E-state index contributed by atoms with van der Waals surface area (Å²) >= 11 is 1.61. The maximum atomic E-state index is 5.59. The minimum absolute atomic E-state index is 0.188. The van der Waals surface area contributed by atoms with E-state index < -0.39 is 0 Å². The van der Waals surface area contributed by atoms with E-state index in [2.05, 4.69) is 15.8 Å². The van der Waals surface area contributed by atoms with Crippen LogP contribution < -0.4 is 11.3 Å². The quantitative estimate of drug-likeness (QED) is 0.591. The Labute approximate surface area is 100 Å². The van der Waals surface area contributed by atoms with E-state index in [9.17, 15) is 0 Å². The number of rotatable bonds is 6. The number of nitrogens with two attached hydrogens (primary N) is 1. The molecule has 1 fully saturated rings. The predicted molar refractivity (Wildman–Crippen MR) is 65.0 cm³/mol. The van der Waals surface area contributed by atoms with Crippen LogP contribution in [0.5, 0.6) is 0 Å². The maximum absolute atomic E-state index is 5.59. The number of hydrogen-bond donors (Lipinski definition) is 2. The molecule has 0 radical (unpaired) electrons. The standard InChI is InChI=1S/C11H19N3OS/c12-14-10(11-7-16-8-13-11)5-1-3-9-4-2-6-15-9/h7-10,14H,1-6,12H2. The SMILES string of the molecule is NNC(CCCC1CCCO1)c1cscn1. The summed E-state index contributed by atoms with van der Waals surface area (Å²) in [5, 5.41) is 2.05. The molecule has 90 valence electrons. The molecule has 2 heterocycles. The summed E-state index contributed by atoms with van der Waals surface area (Å²) < 4.78 is 5.59. The Hall–Kier alpha value is -0.490. The van der Waals surface area contributed by atoms with Crippen molar-refractivity contribution < 1.29 is 4.74 Å². The highest BCUT2D eigenvalue weighted by Gasteiger charge is 2.17. The van der Waals surface area contributed by atoms with Crippen LogP contribution >= 0.6 is 11.3 Å². The van der Waals surface area contributed by atoms with Gasteiger partial charge in [-0.15, -0.1) is 11.3 Å². The Kier molecular flexibility index (Phi) is 4.71. The van der Waals surface area contributed by atoms with E-state index in [1.165, 1.54) is 12.8 Å². The number of aromatic nitrogens is 1. The van der Waals surface area contributed by atoms with Crippen LogP contribution in [0.4, 0.5) is 0 Å². The molecule has 0 saturated carbocycles. The normalized spacial score (nSPS) is 22.4. The van der Waals surface area contributed by atoms with Gasteiger partial charge in [0.15, 0.2) is 0 Å². The van der Waals surface area contributed by atoms with Gasteiger partial charge in [-0.1, -0.05) is 0 Å². The summed E-state index contributed by atoms with van der Waals surface area (Å²) in [7, 11) is 0. The van der Waals surface area contributed by atoms with E-state index in [4.69, 9.17) is 10.6 Å². The molecule has 5 heteroatoms. The van der Waals surface area contributed by atoms with Crippen molar-refractivity contribution in [3.8, 4) is 0 Å². The third-order valence-electron chi connectivity index (χ3n) is 3.05. The van der Waals surface area contributed by atoms with Gasteiger partial charge in [0.2, 0.25) is 0 Å². The van der Waals surface area contributed by atoms with E-state index in [0.717, 1.165) is 31.6 Å². The molecule has 0 aliphatic carbocycles. The molecule has 3 N–H and O–H groups in total. The van der Waals surface area contributed by atoms with Crippen molar-refractivity contribution >= 4 is 11.3 Å². The Balaban J connectivity index is 1.71. The smallest absolute Gasteiger partial charge is 0.0795 e. The van der Waals surface area contributed by atoms with Crippen LogP contribution in [0.3, 0.4) is 0 Å². The zero-order valence-electron chi connectivity index (χ0n) is 9.39. The van der Waals surface area contributed by atoms with Crippen LogP contribution in [0.25, 0.3) is 0 Å². The lowest BCUT2D eigenvalue weighted by Crippen LogP contribution is -2.28. The van der Waals surface area contributed by atoms with E-state index in [1.54, 1.807) is 11.3 Å². The van der Waals surface area contributed by atoms with Crippen molar-refractivity contribution in [2.75, 3.05) is 6.61 Å². The Bertz CT molecular complexity index is 285. The lowest BCUT2D eigenvalue weighted by molar-refractivity contribution is 0.101. The monoisotopic (exact) mass is 241 g/mol. The molecule has 1 aliphatic heterocycles. The Morgan fingerprint density at radius 3 is 3.25 bits per heavy atom. The van der Waals surface area contributed by atoms with E-state index >= 15 is 0 Å². The van der Waals surface area contributed by atoms with E-state index in [0.29, 0.717) is 6.10 Å². The number of nitrogens with zero attached hydrogens (tertiary/aromatic N) is 1. The van der Waals surface area contributed by atoms with E-state index in [1.807, 2.05) is 5.51 Å². The lowest BCUT2D eigenvalue weighted by atomic mass is 10.0. The molecule has 1 aliphatic rings. The Morgan fingerprint density at radius 2 is 2.62 bits per heavy atom.